The molecule has 2 aromatic rings. The molecule has 0 heterocycles. The number of phenolic OH excluding ortho intramolecular Hbond substituents is 1. The molecule has 0 aromatic heterocycles. The van der Waals surface area contributed by atoms with Crippen molar-refractivity contribution in [2.24, 2.45) is 0 Å². The van der Waals surface area contributed by atoms with E-state index in [-0.39, 0.29) is 6.04 Å². The van der Waals surface area contributed by atoms with Gasteiger partial charge in [0.25, 0.3) is 0 Å². The summed E-state index contributed by atoms with van der Waals surface area (Å²) in [5.74, 6) is 1.24. The maximum Gasteiger partial charge on any atom is 0.120 e. The number of rotatable bonds is 7. The first-order valence-electron chi connectivity index (χ1n) is 7.38. The molecule has 0 fully saturated rings. The standard InChI is InChI=1S/C18H23NO2/c1-3-17(16-6-4-5-7-18(16)20)19-13-12-14-8-10-15(21-2)11-9-14/h4-11,17,19-20H,3,12-13H2,1-2H3. The summed E-state index contributed by atoms with van der Waals surface area (Å²) in [7, 11) is 1.68. The van der Waals surface area contributed by atoms with E-state index in [1.807, 2.05) is 30.3 Å². The summed E-state index contributed by atoms with van der Waals surface area (Å²) in [5, 5.41) is 13.4. The SMILES string of the molecule is CCC(NCCc1ccc(OC)cc1)c1ccccc1O. The fourth-order valence-electron chi connectivity index (χ4n) is 2.44. The van der Waals surface area contributed by atoms with Crippen LogP contribution in [-0.4, -0.2) is 18.8 Å². The number of ether oxygens (including phenoxy) is 1. The lowest BCUT2D eigenvalue weighted by atomic mass is 10.0. The minimum atomic E-state index is 0.185. The van der Waals surface area contributed by atoms with Gasteiger partial charge in [-0.25, -0.2) is 0 Å². The van der Waals surface area contributed by atoms with E-state index in [0.717, 1.165) is 30.7 Å². The van der Waals surface area contributed by atoms with Gasteiger partial charge in [0.05, 0.1) is 7.11 Å². The molecular weight excluding hydrogens is 262 g/mol. The Bertz CT molecular complexity index is 551. The molecule has 0 spiro atoms. The van der Waals surface area contributed by atoms with Crippen molar-refractivity contribution in [3.05, 3.63) is 59.7 Å². The highest BCUT2D eigenvalue weighted by Crippen LogP contribution is 2.25. The number of phenols is 1. The second-order valence-corrected chi connectivity index (χ2v) is 5.07. The predicted octanol–water partition coefficient (Wildman–Crippen LogP) is 3.68. The summed E-state index contributed by atoms with van der Waals surface area (Å²) in [4.78, 5) is 0. The molecule has 0 aliphatic heterocycles. The Kier molecular flexibility index (Phi) is 5.64. The van der Waals surface area contributed by atoms with Gasteiger partial charge in [0.15, 0.2) is 0 Å². The highest BCUT2D eigenvalue weighted by molar-refractivity contribution is 5.34. The van der Waals surface area contributed by atoms with E-state index < -0.39 is 0 Å². The van der Waals surface area contributed by atoms with Crippen LogP contribution >= 0.6 is 0 Å². The largest absolute Gasteiger partial charge is 0.508 e. The van der Waals surface area contributed by atoms with Crippen molar-refractivity contribution in [3.63, 3.8) is 0 Å². The average Bonchev–Trinajstić information content (AvgIpc) is 2.53. The van der Waals surface area contributed by atoms with E-state index in [4.69, 9.17) is 4.74 Å². The van der Waals surface area contributed by atoms with Gasteiger partial charge in [-0.3, -0.25) is 0 Å². The van der Waals surface area contributed by atoms with Crippen LogP contribution < -0.4 is 10.1 Å². The fourth-order valence-corrected chi connectivity index (χ4v) is 2.44. The second-order valence-electron chi connectivity index (χ2n) is 5.07. The molecule has 3 heteroatoms. The van der Waals surface area contributed by atoms with Gasteiger partial charge in [0.1, 0.15) is 11.5 Å². The molecule has 2 N–H and O–H groups in total. The molecule has 2 aromatic carbocycles. The predicted molar refractivity (Wildman–Crippen MR) is 85.8 cm³/mol. The third-order valence-corrected chi connectivity index (χ3v) is 3.68. The molecule has 0 amide bonds. The Hall–Kier alpha value is -2.00. The molecule has 21 heavy (non-hydrogen) atoms. The van der Waals surface area contributed by atoms with Crippen LogP contribution in [0.1, 0.15) is 30.5 Å². The lowest BCUT2D eigenvalue weighted by Gasteiger charge is -2.18. The zero-order chi connectivity index (χ0) is 15.1. The maximum absolute atomic E-state index is 9.93. The summed E-state index contributed by atoms with van der Waals surface area (Å²) >= 11 is 0. The van der Waals surface area contributed by atoms with Gasteiger partial charge >= 0.3 is 0 Å². The molecule has 1 unspecified atom stereocenters. The van der Waals surface area contributed by atoms with Crippen molar-refractivity contribution in [2.45, 2.75) is 25.8 Å². The van der Waals surface area contributed by atoms with E-state index in [0.29, 0.717) is 5.75 Å². The van der Waals surface area contributed by atoms with Crippen LogP contribution in [-0.2, 0) is 6.42 Å². The lowest BCUT2D eigenvalue weighted by Crippen LogP contribution is -2.23. The highest BCUT2D eigenvalue weighted by atomic mass is 16.5. The third kappa shape index (κ3) is 4.23. The van der Waals surface area contributed by atoms with Crippen molar-refractivity contribution in [3.8, 4) is 11.5 Å². The molecule has 0 saturated carbocycles. The number of para-hydroxylation sites is 1. The molecule has 2 rings (SSSR count). The Balaban J connectivity index is 1.90. The zero-order valence-electron chi connectivity index (χ0n) is 12.7. The van der Waals surface area contributed by atoms with E-state index in [9.17, 15) is 5.11 Å². The van der Waals surface area contributed by atoms with E-state index in [1.54, 1.807) is 13.2 Å². The number of aromatic hydroxyl groups is 1. The van der Waals surface area contributed by atoms with Crippen LogP contribution in [0.15, 0.2) is 48.5 Å². The van der Waals surface area contributed by atoms with E-state index in [1.165, 1.54) is 5.56 Å². The Morgan fingerprint density at radius 1 is 1.10 bits per heavy atom. The summed E-state index contributed by atoms with van der Waals surface area (Å²) in [6.07, 6.45) is 1.90. The van der Waals surface area contributed by atoms with Gasteiger partial charge < -0.3 is 15.2 Å². The van der Waals surface area contributed by atoms with Gasteiger partial charge in [-0.1, -0.05) is 37.3 Å². The monoisotopic (exact) mass is 285 g/mol. The fraction of sp³-hybridized carbons (Fsp3) is 0.333. The smallest absolute Gasteiger partial charge is 0.120 e. The third-order valence-electron chi connectivity index (χ3n) is 3.68. The molecule has 112 valence electrons. The first-order valence-corrected chi connectivity index (χ1v) is 7.38. The maximum atomic E-state index is 9.93. The Morgan fingerprint density at radius 2 is 1.81 bits per heavy atom. The summed E-state index contributed by atoms with van der Waals surface area (Å²) in [6.45, 7) is 3.00. The summed E-state index contributed by atoms with van der Waals surface area (Å²) in [6, 6.07) is 15.8. The summed E-state index contributed by atoms with van der Waals surface area (Å²) in [5.41, 5.74) is 2.24. The van der Waals surface area contributed by atoms with Crippen molar-refractivity contribution >= 4 is 0 Å². The van der Waals surface area contributed by atoms with Crippen molar-refractivity contribution in [1.82, 2.24) is 5.32 Å². The minimum Gasteiger partial charge on any atom is -0.508 e. The number of nitrogens with one attached hydrogen (secondary N) is 1. The molecular formula is C18H23NO2. The lowest BCUT2D eigenvalue weighted by molar-refractivity contribution is 0.414. The molecule has 1 atom stereocenters. The minimum absolute atomic E-state index is 0.185. The molecule has 3 nitrogen and oxygen atoms in total. The van der Waals surface area contributed by atoms with E-state index in [2.05, 4.69) is 24.4 Å². The van der Waals surface area contributed by atoms with E-state index >= 15 is 0 Å². The molecule has 0 aliphatic carbocycles. The Morgan fingerprint density at radius 3 is 2.43 bits per heavy atom. The van der Waals surface area contributed by atoms with Gasteiger partial charge in [-0.2, -0.15) is 0 Å². The molecule has 0 radical (unpaired) electrons. The van der Waals surface area contributed by atoms with Crippen LogP contribution in [0, 0.1) is 0 Å². The van der Waals surface area contributed by atoms with Crippen molar-refractivity contribution in [1.29, 1.82) is 0 Å². The number of benzene rings is 2. The first kappa shape index (κ1) is 15.4. The first-order chi connectivity index (χ1) is 10.2. The van der Waals surface area contributed by atoms with Gasteiger partial charge in [0.2, 0.25) is 0 Å². The normalized spacial score (nSPS) is 12.1. The molecule has 0 aliphatic rings. The molecule has 0 saturated heterocycles. The van der Waals surface area contributed by atoms with Gasteiger partial charge in [0, 0.05) is 11.6 Å². The number of methoxy groups -OCH3 is 1. The van der Waals surface area contributed by atoms with Crippen LogP contribution in [0.4, 0.5) is 0 Å². The quantitative estimate of drug-likeness (QED) is 0.815. The van der Waals surface area contributed by atoms with Gasteiger partial charge in [-0.05, 0) is 43.1 Å². The summed E-state index contributed by atoms with van der Waals surface area (Å²) < 4.78 is 5.16. The van der Waals surface area contributed by atoms with Crippen LogP contribution in [0.2, 0.25) is 0 Å². The molecule has 0 bridgehead atoms. The van der Waals surface area contributed by atoms with Gasteiger partial charge in [-0.15, -0.1) is 0 Å². The number of hydrogen-bond acceptors (Lipinski definition) is 3. The topological polar surface area (TPSA) is 41.5 Å². The zero-order valence-corrected chi connectivity index (χ0v) is 12.7. The van der Waals surface area contributed by atoms with Crippen LogP contribution in [0.5, 0.6) is 11.5 Å². The van der Waals surface area contributed by atoms with Crippen LogP contribution in [0.25, 0.3) is 0 Å². The second kappa shape index (κ2) is 7.70. The number of hydrogen-bond donors (Lipinski definition) is 2. The Labute approximate surface area is 126 Å². The van der Waals surface area contributed by atoms with Crippen molar-refractivity contribution in [2.75, 3.05) is 13.7 Å². The van der Waals surface area contributed by atoms with Crippen molar-refractivity contribution < 1.29 is 9.84 Å². The van der Waals surface area contributed by atoms with Crippen LogP contribution in [0.3, 0.4) is 0 Å². The average molecular weight is 285 g/mol. The highest BCUT2D eigenvalue weighted by Gasteiger charge is 2.11.